The highest BCUT2D eigenvalue weighted by Gasteiger charge is 2.40. The Hall–Kier alpha value is -4.46. The van der Waals surface area contributed by atoms with Crippen LogP contribution in [0, 0.1) is 22.7 Å². The number of nitrogens with zero attached hydrogens (tertiary/aromatic N) is 5. The fourth-order valence-electron chi connectivity index (χ4n) is 5.67. The maximum Gasteiger partial charge on any atom is 0.220 e. The minimum absolute atomic E-state index is 0. The molecule has 3 aromatic rings. The summed E-state index contributed by atoms with van der Waals surface area (Å²) in [7, 11) is 0. The van der Waals surface area contributed by atoms with Crippen molar-refractivity contribution in [2.24, 2.45) is 0 Å². The van der Waals surface area contributed by atoms with Crippen LogP contribution in [0.15, 0.2) is 91.3 Å². The lowest BCUT2D eigenvalue weighted by Gasteiger charge is -2.49. The Morgan fingerprint density at radius 2 is 1.57 bits per heavy atom. The minimum Gasteiger partial charge on any atom is -0.370 e. The van der Waals surface area contributed by atoms with E-state index < -0.39 is 0 Å². The third kappa shape index (κ3) is 6.39. The van der Waals surface area contributed by atoms with E-state index in [0.717, 1.165) is 37.1 Å². The number of hydrogen-bond acceptors (Lipinski definition) is 6. The number of carbonyl (C=O) groups is 1. The van der Waals surface area contributed by atoms with Crippen molar-refractivity contribution in [2.45, 2.75) is 44.6 Å². The fourth-order valence-corrected chi connectivity index (χ4v) is 5.67. The van der Waals surface area contributed by atoms with Crippen LogP contribution in [-0.4, -0.2) is 47.0 Å². The van der Waals surface area contributed by atoms with Gasteiger partial charge in [-0.2, -0.15) is 10.5 Å². The van der Waals surface area contributed by atoms with Gasteiger partial charge in [0.25, 0.3) is 0 Å². The van der Waals surface area contributed by atoms with E-state index in [2.05, 4.69) is 57.7 Å². The number of rotatable bonds is 7. The fraction of sp³-hybridized carbons (Fsp3) is 0.281. The molecule has 1 amide bonds. The summed E-state index contributed by atoms with van der Waals surface area (Å²) in [5.41, 5.74) is 4.60. The van der Waals surface area contributed by atoms with Gasteiger partial charge in [0.15, 0.2) is 0 Å². The molecular weight excluding hydrogens is 520 g/mol. The molecule has 0 spiro atoms. The Labute approximate surface area is 242 Å². The SMILES string of the molecule is CC(=O)N(Cc1ccc(C#N)cc1)C1CCN(c2ccccc2)CC1N1C=CNC1Cc1ccc(C#N)cc1.Cl. The number of anilines is 1. The van der Waals surface area contributed by atoms with Crippen LogP contribution in [0.3, 0.4) is 0 Å². The van der Waals surface area contributed by atoms with E-state index in [1.54, 1.807) is 6.92 Å². The van der Waals surface area contributed by atoms with Crippen molar-refractivity contribution in [1.82, 2.24) is 15.1 Å². The van der Waals surface area contributed by atoms with Crippen molar-refractivity contribution in [3.05, 3.63) is 114 Å². The van der Waals surface area contributed by atoms with Crippen molar-refractivity contribution in [3.63, 3.8) is 0 Å². The van der Waals surface area contributed by atoms with Crippen LogP contribution >= 0.6 is 12.4 Å². The first-order valence-electron chi connectivity index (χ1n) is 13.3. The lowest BCUT2D eigenvalue weighted by molar-refractivity contribution is -0.134. The molecule has 40 heavy (non-hydrogen) atoms. The second-order valence-electron chi connectivity index (χ2n) is 10.1. The molecular formula is C32H33ClN6O. The van der Waals surface area contributed by atoms with Gasteiger partial charge in [-0.1, -0.05) is 42.5 Å². The lowest BCUT2D eigenvalue weighted by Crippen LogP contribution is -2.62. The number of nitrogens with one attached hydrogen (secondary N) is 1. The largest absolute Gasteiger partial charge is 0.370 e. The molecule has 0 saturated carbocycles. The average molecular weight is 553 g/mol. The molecule has 3 atom stereocenters. The van der Waals surface area contributed by atoms with Gasteiger partial charge in [0.1, 0.15) is 6.17 Å². The molecule has 1 N–H and O–H groups in total. The lowest BCUT2D eigenvalue weighted by atomic mass is 9.93. The molecule has 1 fully saturated rings. The van der Waals surface area contributed by atoms with Crippen LogP contribution in [0.4, 0.5) is 5.69 Å². The van der Waals surface area contributed by atoms with Crippen LogP contribution < -0.4 is 10.2 Å². The summed E-state index contributed by atoms with van der Waals surface area (Å²) in [5.74, 6) is 0.0438. The Morgan fingerprint density at radius 3 is 2.17 bits per heavy atom. The van der Waals surface area contributed by atoms with Gasteiger partial charge in [-0.25, -0.2) is 0 Å². The topological polar surface area (TPSA) is 86.4 Å². The molecule has 0 aliphatic carbocycles. The van der Waals surface area contributed by atoms with Crippen molar-refractivity contribution >= 4 is 24.0 Å². The van der Waals surface area contributed by atoms with E-state index in [-0.39, 0.29) is 36.6 Å². The molecule has 204 valence electrons. The Kier molecular flexibility index (Phi) is 9.32. The van der Waals surface area contributed by atoms with Gasteiger partial charge in [-0.15, -0.1) is 12.4 Å². The van der Waals surface area contributed by atoms with Crippen LogP contribution in [-0.2, 0) is 17.8 Å². The maximum atomic E-state index is 13.1. The number of carbonyl (C=O) groups excluding carboxylic acids is 1. The molecule has 0 bridgehead atoms. The van der Waals surface area contributed by atoms with Crippen molar-refractivity contribution < 1.29 is 4.79 Å². The van der Waals surface area contributed by atoms with Gasteiger partial charge in [0.2, 0.25) is 5.91 Å². The molecule has 5 rings (SSSR count). The third-order valence-corrected chi connectivity index (χ3v) is 7.70. The van der Waals surface area contributed by atoms with Gasteiger partial charge in [-0.05, 0) is 53.9 Å². The first-order chi connectivity index (χ1) is 19.1. The van der Waals surface area contributed by atoms with Crippen molar-refractivity contribution in [1.29, 1.82) is 10.5 Å². The molecule has 1 saturated heterocycles. The predicted molar refractivity (Wildman–Crippen MR) is 158 cm³/mol. The van der Waals surface area contributed by atoms with Crippen LogP contribution in [0.1, 0.15) is 35.6 Å². The second-order valence-corrected chi connectivity index (χ2v) is 10.1. The Bertz CT molecular complexity index is 1390. The van der Waals surface area contributed by atoms with Crippen LogP contribution in [0.2, 0.25) is 0 Å². The summed E-state index contributed by atoms with van der Waals surface area (Å²) in [6, 6.07) is 30.1. The molecule has 2 heterocycles. The molecule has 7 nitrogen and oxygen atoms in total. The Morgan fingerprint density at radius 1 is 0.950 bits per heavy atom. The van der Waals surface area contributed by atoms with E-state index in [1.165, 1.54) is 5.69 Å². The zero-order valence-electron chi connectivity index (χ0n) is 22.5. The molecule has 0 radical (unpaired) electrons. The zero-order chi connectivity index (χ0) is 27.2. The molecule has 8 heteroatoms. The number of benzene rings is 3. The summed E-state index contributed by atoms with van der Waals surface area (Å²) < 4.78 is 0. The second kappa shape index (κ2) is 13.1. The molecule has 0 aromatic heterocycles. The summed E-state index contributed by atoms with van der Waals surface area (Å²) in [6.07, 6.45) is 5.74. The minimum atomic E-state index is 0. The predicted octanol–water partition coefficient (Wildman–Crippen LogP) is 4.79. The highest BCUT2D eigenvalue weighted by molar-refractivity contribution is 5.85. The first kappa shape index (κ1) is 28.5. The van der Waals surface area contributed by atoms with Gasteiger partial charge >= 0.3 is 0 Å². The summed E-state index contributed by atoms with van der Waals surface area (Å²) >= 11 is 0. The molecule has 3 unspecified atom stereocenters. The first-order valence-corrected chi connectivity index (χ1v) is 13.3. The number of hydrogen-bond donors (Lipinski definition) is 1. The quantitative estimate of drug-likeness (QED) is 0.453. The van der Waals surface area contributed by atoms with Crippen LogP contribution in [0.25, 0.3) is 0 Å². The summed E-state index contributed by atoms with van der Waals surface area (Å²) in [4.78, 5) is 19.9. The van der Waals surface area contributed by atoms with E-state index >= 15 is 0 Å². The van der Waals surface area contributed by atoms with Gasteiger partial charge in [-0.3, -0.25) is 4.79 Å². The van der Waals surface area contributed by atoms with Crippen molar-refractivity contribution in [3.8, 4) is 12.1 Å². The number of halogens is 1. The van der Waals surface area contributed by atoms with Gasteiger partial charge in [0.05, 0.1) is 35.3 Å². The molecule has 2 aliphatic heterocycles. The van der Waals surface area contributed by atoms with Gasteiger partial charge in [0, 0.05) is 51.1 Å². The smallest absolute Gasteiger partial charge is 0.220 e. The van der Waals surface area contributed by atoms with E-state index in [0.29, 0.717) is 17.7 Å². The van der Waals surface area contributed by atoms with E-state index in [9.17, 15) is 10.1 Å². The van der Waals surface area contributed by atoms with E-state index in [4.69, 9.17) is 5.26 Å². The highest BCUT2D eigenvalue weighted by atomic mass is 35.5. The van der Waals surface area contributed by atoms with Crippen molar-refractivity contribution in [2.75, 3.05) is 18.0 Å². The summed E-state index contributed by atoms with van der Waals surface area (Å²) in [5, 5.41) is 21.9. The maximum absolute atomic E-state index is 13.1. The Balaban J connectivity index is 0.00000370. The monoisotopic (exact) mass is 552 g/mol. The standard InChI is InChI=1S/C32H32N6O.ClH/c1-24(39)38(22-28-13-11-27(21-34)12-14-28)30-15-17-36(29-5-3-2-4-6-29)23-31(30)37-18-16-35-32(37)19-25-7-9-26(20-33)10-8-25;/h2-14,16,18,30-32,35H,15,17,19,22-23H2,1H3;1H. The number of piperidine rings is 1. The van der Waals surface area contributed by atoms with Gasteiger partial charge < -0.3 is 20.0 Å². The highest BCUT2D eigenvalue weighted by Crippen LogP contribution is 2.30. The third-order valence-electron chi connectivity index (χ3n) is 7.70. The normalized spacial score (nSPS) is 19.6. The number of para-hydroxylation sites is 1. The summed E-state index contributed by atoms with van der Waals surface area (Å²) in [6.45, 7) is 3.78. The zero-order valence-corrected chi connectivity index (χ0v) is 23.3. The number of amides is 1. The molecule has 3 aromatic carbocycles. The molecule has 2 aliphatic rings. The van der Waals surface area contributed by atoms with E-state index in [1.807, 2.05) is 65.7 Å². The average Bonchev–Trinajstić information content (AvgIpc) is 3.44. The number of nitriles is 2. The van der Waals surface area contributed by atoms with Crippen LogP contribution in [0.5, 0.6) is 0 Å².